The van der Waals surface area contributed by atoms with Crippen molar-refractivity contribution in [2.75, 3.05) is 5.32 Å². The first-order valence-electron chi connectivity index (χ1n) is 8.22. The fraction of sp³-hybridized carbons (Fsp3) is 0.263. The molecule has 0 bridgehead atoms. The Labute approximate surface area is 160 Å². The van der Waals surface area contributed by atoms with E-state index < -0.39 is 5.25 Å². The lowest BCUT2D eigenvalue weighted by atomic mass is 10.1. The van der Waals surface area contributed by atoms with Crippen molar-refractivity contribution in [3.05, 3.63) is 58.9 Å². The van der Waals surface area contributed by atoms with Crippen LogP contribution in [-0.2, 0) is 16.0 Å². The van der Waals surface area contributed by atoms with Gasteiger partial charge < -0.3 is 10.6 Å². The Bertz CT molecular complexity index is 846. The van der Waals surface area contributed by atoms with Gasteiger partial charge in [0.2, 0.25) is 11.8 Å². The van der Waals surface area contributed by atoms with E-state index in [9.17, 15) is 14.0 Å². The Morgan fingerprint density at radius 1 is 1.35 bits per heavy atom. The molecule has 1 heterocycles. The zero-order chi connectivity index (χ0) is 18.7. The average Bonchev–Trinajstić information content (AvgIpc) is 2.57. The molecule has 2 atom stereocenters. The van der Waals surface area contributed by atoms with Crippen molar-refractivity contribution >= 4 is 40.9 Å². The number of hydrogen-bond acceptors (Lipinski definition) is 3. The van der Waals surface area contributed by atoms with Crippen molar-refractivity contribution in [1.29, 1.82) is 0 Å². The number of hydrogen-bond donors (Lipinski definition) is 2. The summed E-state index contributed by atoms with van der Waals surface area (Å²) in [7, 11) is 0. The smallest absolute Gasteiger partial charge is 0.238 e. The van der Waals surface area contributed by atoms with Crippen LogP contribution in [0.4, 0.5) is 10.1 Å². The summed E-state index contributed by atoms with van der Waals surface area (Å²) in [4.78, 5) is 25.4. The summed E-state index contributed by atoms with van der Waals surface area (Å²) in [6.45, 7) is 1.82. The third kappa shape index (κ3) is 4.56. The average molecular weight is 393 g/mol. The van der Waals surface area contributed by atoms with Crippen LogP contribution in [0.5, 0.6) is 0 Å². The highest BCUT2D eigenvalue weighted by molar-refractivity contribution is 8.01. The Morgan fingerprint density at radius 3 is 2.88 bits per heavy atom. The van der Waals surface area contributed by atoms with Gasteiger partial charge in [-0.2, -0.15) is 0 Å². The molecule has 26 heavy (non-hydrogen) atoms. The van der Waals surface area contributed by atoms with Gasteiger partial charge in [-0.05, 0) is 43.2 Å². The molecule has 1 aliphatic rings. The topological polar surface area (TPSA) is 58.2 Å². The van der Waals surface area contributed by atoms with Gasteiger partial charge in [0.05, 0.1) is 10.9 Å². The summed E-state index contributed by atoms with van der Waals surface area (Å²) in [5.74, 6) is -0.744. The summed E-state index contributed by atoms with van der Waals surface area (Å²) in [6, 6.07) is 11.5. The summed E-state index contributed by atoms with van der Waals surface area (Å²) >= 11 is 7.27. The molecule has 0 radical (unpaired) electrons. The van der Waals surface area contributed by atoms with Crippen LogP contribution in [0, 0.1) is 5.82 Å². The second-order valence-electron chi connectivity index (χ2n) is 6.20. The first-order chi connectivity index (χ1) is 12.4. The fourth-order valence-corrected chi connectivity index (χ4v) is 4.07. The number of carbonyl (C=O) groups is 2. The van der Waals surface area contributed by atoms with Crippen LogP contribution in [0.3, 0.4) is 0 Å². The maximum atomic E-state index is 13.7. The van der Waals surface area contributed by atoms with E-state index in [1.165, 1.54) is 17.8 Å². The Balaban J connectivity index is 1.57. The molecule has 3 rings (SSSR count). The molecule has 2 unspecified atom stereocenters. The van der Waals surface area contributed by atoms with Crippen molar-refractivity contribution < 1.29 is 14.0 Å². The van der Waals surface area contributed by atoms with Gasteiger partial charge in [0.1, 0.15) is 5.82 Å². The molecule has 2 amide bonds. The Hall–Kier alpha value is -2.05. The van der Waals surface area contributed by atoms with Gasteiger partial charge in [0.15, 0.2) is 0 Å². The van der Waals surface area contributed by atoms with Gasteiger partial charge in [-0.25, -0.2) is 4.39 Å². The standard InChI is InChI=1S/C19H18ClFN2O2S/c1-11(8-12-4-2-3-5-14(12)21)22-18(24)10-17-19(25)23-15-9-13(20)6-7-16(15)26-17/h2-7,9,11,17H,8,10H2,1H3,(H,22,24)(H,23,25). The van der Waals surface area contributed by atoms with Crippen molar-refractivity contribution in [1.82, 2.24) is 5.32 Å². The minimum Gasteiger partial charge on any atom is -0.353 e. The van der Waals surface area contributed by atoms with Crippen molar-refractivity contribution in [3.63, 3.8) is 0 Å². The molecule has 0 saturated heterocycles. The van der Waals surface area contributed by atoms with E-state index in [0.29, 0.717) is 22.7 Å². The summed E-state index contributed by atoms with van der Waals surface area (Å²) in [6.07, 6.45) is 0.448. The molecule has 2 N–H and O–H groups in total. The molecule has 0 saturated carbocycles. The van der Waals surface area contributed by atoms with Crippen LogP contribution in [0.1, 0.15) is 18.9 Å². The van der Waals surface area contributed by atoms with Crippen LogP contribution in [0.15, 0.2) is 47.4 Å². The van der Waals surface area contributed by atoms with E-state index in [4.69, 9.17) is 11.6 Å². The van der Waals surface area contributed by atoms with E-state index in [-0.39, 0.29) is 30.1 Å². The van der Waals surface area contributed by atoms with E-state index in [0.717, 1.165) is 4.90 Å². The number of benzene rings is 2. The van der Waals surface area contributed by atoms with Crippen molar-refractivity contribution in [2.24, 2.45) is 0 Å². The lowest BCUT2D eigenvalue weighted by molar-refractivity contribution is -0.124. The van der Waals surface area contributed by atoms with Crippen LogP contribution < -0.4 is 10.6 Å². The molecule has 2 aromatic rings. The minimum atomic E-state index is -0.510. The van der Waals surface area contributed by atoms with Crippen molar-refractivity contribution in [2.45, 2.75) is 36.0 Å². The Morgan fingerprint density at radius 2 is 2.12 bits per heavy atom. The quantitative estimate of drug-likeness (QED) is 0.807. The maximum Gasteiger partial charge on any atom is 0.238 e. The monoisotopic (exact) mass is 392 g/mol. The summed E-state index contributed by atoms with van der Waals surface area (Å²) in [5, 5.41) is 5.65. The number of nitrogens with one attached hydrogen (secondary N) is 2. The van der Waals surface area contributed by atoms with Crippen molar-refractivity contribution in [3.8, 4) is 0 Å². The predicted octanol–water partition coefficient (Wildman–Crippen LogP) is 4.03. The second-order valence-corrected chi connectivity index (χ2v) is 7.89. The predicted molar refractivity (Wildman–Crippen MR) is 102 cm³/mol. The number of carbonyl (C=O) groups excluding carboxylic acids is 2. The molecular weight excluding hydrogens is 375 g/mol. The Kier molecular flexibility index (Phi) is 5.84. The van der Waals surface area contributed by atoms with Crippen LogP contribution in [0.25, 0.3) is 0 Å². The molecule has 7 heteroatoms. The van der Waals surface area contributed by atoms with Crippen LogP contribution in [0.2, 0.25) is 5.02 Å². The van der Waals surface area contributed by atoms with E-state index in [1.54, 1.807) is 30.3 Å². The second kappa shape index (κ2) is 8.10. The first-order valence-corrected chi connectivity index (χ1v) is 9.48. The zero-order valence-electron chi connectivity index (χ0n) is 14.1. The number of thioether (sulfide) groups is 1. The summed E-state index contributed by atoms with van der Waals surface area (Å²) < 4.78 is 13.7. The maximum absolute atomic E-state index is 13.7. The molecule has 136 valence electrons. The molecule has 0 aliphatic carbocycles. The van der Waals surface area contributed by atoms with E-state index in [2.05, 4.69) is 10.6 Å². The van der Waals surface area contributed by atoms with Crippen LogP contribution >= 0.6 is 23.4 Å². The molecule has 0 spiro atoms. The minimum absolute atomic E-state index is 0.0557. The lowest BCUT2D eigenvalue weighted by Gasteiger charge is -2.24. The highest BCUT2D eigenvalue weighted by Crippen LogP contribution is 2.38. The molecular formula is C19H18ClFN2O2S. The first kappa shape index (κ1) is 18.7. The van der Waals surface area contributed by atoms with Gasteiger partial charge >= 0.3 is 0 Å². The molecule has 2 aromatic carbocycles. The molecule has 0 aromatic heterocycles. The van der Waals surface area contributed by atoms with E-state index >= 15 is 0 Å². The van der Waals surface area contributed by atoms with Gasteiger partial charge in [-0.15, -0.1) is 11.8 Å². The number of rotatable bonds is 5. The third-order valence-corrected chi connectivity index (χ3v) is 5.53. The zero-order valence-corrected chi connectivity index (χ0v) is 15.7. The van der Waals surface area contributed by atoms with E-state index in [1.807, 2.05) is 13.0 Å². The molecule has 1 aliphatic heterocycles. The normalized spacial score (nSPS) is 17.2. The van der Waals surface area contributed by atoms with Gasteiger partial charge in [0.25, 0.3) is 0 Å². The summed E-state index contributed by atoms with van der Waals surface area (Å²) in [5.41, 5.74) is 1.22. The highest BCUT2D eigenvalue weighted by Gasteiger charge is 2.29. The number of fused-ring (bicyclic) bond motifs is 1. The number of halogens is 2. The lowest BCUT2D eigenvalue weighted by Crippen LogP contribution is -2.39. The SMILES string of the molecule is CC(Cc1ccccc1F)NC(=O)CC1Sc2ccc(Cl)cc2NC1=O. The van der Waals surface area contributed by atoms with Gasteiger partial charge in [-0.1, -0.05) is 29.8 Å². The van der Waals surface area contributed by atoms with Crippen LogP contribution in [-0.4, -0.2) is 23.1 Å². The molecule has 0 fully saturated rings. The number of anilines is 1. The van der Waals surface area contributed by atoms with Gasteiger partial charge in [-0.3, -0.25) is 9.59 Å². The van der Waals surface area contributed by atoms with Gasteiger partial charge in [0, 0.05) is 22.4 Å². The number of amides is 2. The largest absolute Gasteiger partial charge is 0.353 e. The molecule has 4 nitrogen and oxygen atoms in total. The highest BCUT2D eigenvalue weighted by atomic mass is 35.5. The fourth-order valence-electron chi connectivity index (χ4n) is 2.80. The third-order valence-electron chi connectivity index (χ3n) is 4.02.